The fraction of sp³-hybridized carbons (Fsp3) is 0.412. The van der Waals surface area contributed by atoms with Crippen LogP contribution < -0.4 is 10.1 Å². The lowest BCUT2D eigenvalue weighted by Crippen LogP contribution is -2.31. The number of aromatic nitrogens is 2. The molecule has 1 saturated heterocycles. The number of hydrogen-bond acceptors (Lipinski definition) is 6. The molecule has 1 aromatic heterocycles. The van der Waals surface area contributed by atoms with Crippen molar-refractivity contribution in [3.63, 3.8) is 0 Å². The molecule has 1 fully saturated rings. The molecule has 0 spiro atoms. The summed E-state index contributed by atoms with van der Waals surface area (Å²) >= 11 is 0. The molecule has 1 aromatic carbocycles. The summed E-state index contributed by atoms with van der Waals surface area (Å²) in [6.45, 7) is 2.55. The number of fused-ring (bicyclic) bond motifs is 1. The summed E-state index contributed by atoms with van der Waals surface area (Å²) < 4.78 is 10.6. The Morgan fingerprint density at radius 2 is 2.32 bits per heavy atom. The van der Waals surface area contributed by atoms with E-state index in [-0.39, 0.29) is 24.5 Å². The smallest absolute Gasteiger partial charge is 0.262 e. The van der Waals surface area contributed by atoms with E-state index in [1.807, 2.05) is 6.92 Å². The van der Waals surface area contributed by atoms with Gasteiger partial charge in [0, 0.05) is 18.5 Å². The van der Waals surface area contributed by atoms with Crippen LogP contribution in [0.5, 0.6) is 5.75 Å². The number of hydrogen-bond donors (Lipinski definition) is 1. The highest BCUT2D eigenvalue weighted by molar-refractivity contribution is 5.99. The summed E-state index contributed by atoms with van der Waals surface area (Å²) in [5.74, 6) is 1.34. The molecule has 3 heterocycles. The van der Waals surface area contributed by atoms with Gasteiger partial charge in [-0.25, -0.2) is 0 Å². The average molecular weight is 342 g/mol. The second-order valence-electron chi connectivity index (χ2n) is 6.10. The minimum atomic E-state index is -0.199. The first-order valence-electron chi connectivity index (χ1n) is 8.36. The molecule has 4 rings (SSSR count). The molecule has 0 bridgehead atoms. The van der Waals surface area contributed by atoms with Crippen LogP contribution in [0.4, 0.5) is 5.69 Å². The maximum Gasteiger partial charge on any atom is 0.262 e. The number of anilines is 1. The molecule has 2 aliphatic heterocycles. The van der Waals surface area contributed by atoms with Crippen LogP contribution in [0.3, 0.4) is 0 Å². The van der Waals surface area contributed by atoms with Crippen LogP contribution in [0.25, 0.3) is 0 Å². The van der Waals surface area contributed by atoms with Gasteiger partial charge in [0.05, 0.1) is 11.7 Å². The molecule has 0 radical (unpaired) electrons. The summed E-state index contributed by atoms with van der Waals surface area (Å²) in [5, 5.41) is 6.74. The van der Waals surface area contributed by atoms with Gasteiger partial charge in [-0.15, -0.1) is 0 Å². The predicted octanol–water partition coefficient (Wildman–Crippen LogP) is 1.94. The van der Waals surface area contributed by atoms with Crippen LogP contribution >= 0.6 is 0 Å². The van der Waals surface area contributed by atoms with Crippen molar-refractivity contribution < 1.29 is 18.8 Å². The third kappa shape index (κ3) is 2.84. The van der Waals surface area contributed by atoms with E-state index in [0.29, 0.717) is 41.7 Å². The molecule has 130 valence electrons. The number of benzene rings is 1. The van der Waals surface area contributed by atoms with E-state index in [4.69, 9.17) is 9.26 Å². The second kappa shape index (κ2) is 6.19. The fourth-order valence-electron chi connectivity index (χ4n) is 3.20. The first kappa shape index (κ1) is 15.6. The van der Waals surface area contributed by atoms with Crippen LogP contribution in [0.2, 0.25) is 0 Å². The number of nitrogens with one attached hydrogen (secondary N) is 1. The quantitative estimate of drug-likeness (QED) is 0.915. The molecule has 0 saturated carbocycles. The number of ether oxygens (including phenoxy) is 1. The minimum absolute atomic E-state index is 0.0420. The standard InChI is InChI=1S/C17H18N4O4/c1-2-15-19-16(20-25-15)12-4-3-7-21(12)17(23)10-5-6-11-13(8-10)24-9-14(22)18-11/h5-6,8,12H,2-4,7,9H2,1H3,(H,18,22). The summed E-state index contributed by atoms with van der Waals surface area (Å²) in [7, 11) is 0. The molecule has 1 N–H and O–H groups in total. The molecule has 1 atom stereocenters. The van der Waals surface area contributed by atoms with Crippen molar-refractivity contribution in [2.45, 2.75) is 32.2 Å². The van der Waals surface area contributed by atoms with Crippen molar-refractivity contribution in [3.05, 3.63) is 35.5 Å². The largest absolute Gasteiger partial charge is 0.482 e. The Kier molecular flexibility index (Phi) is 3.87. The summed E-state index contributed by atoms with van der Waals surface area (Å²) in [6, 6.07) is 4.88. The van der Waals surface area contributed by atoms with E-state index >= 15 is 0 Å². The van der Waals surface area contributed by atoms with Gasteiger partial charge in [-0.05, 0) is 31.0 Å². The van der Waals surface area contributed by atoms with E-state index in [1.165, 1.54) is 0 Å². The van der Waals surface area contributed by atoms with Crippen LogP contribution in [-0.4, -0.2) is 40.0 Å². The summed E-state index contributed by atoms with van der Waals surface area (Å²) in [6.07, 6.45) is 2.37. The second-order valence-corrected chi connectivity index (χ2v) is 6.10. The van der Waals surface area contributed by atoms with E-state index in [9.17, 15) is 9.59 Å². The molecule has 2 aliphatic rings. The number of nitrogens with zero attached hydrogens (tertiary/aromatic N) is 3. The molecule has 1 unspecified atom stereocenters. The van der Waals surface area contributed by atoms with Crippen molar-refractivity contribution in [2.75, 3.05) is 18.5 Å². The highest BCUT2D eigenvalue weighted by Crippen LogP contribution is 2.34. The van der Waals surface area contributed by atoms with E-state index < -0.39 is 0 Å². The van der Waals surface area contributed by atoms with Crippen LogP contribution in [0.1, 0.15) is 47.9 Å². The van der Waals surface area contributed by atoms with Crippen molar-refractivity contribution >= 4 is 17.5 Å². The van der Waals surface area contributed by atoms with Gasteiger partial charge in [-0.3, -0.25) is 9.59 Å². The number of carbonyl (C=O) groups excluding carboxylic acids is 2. The summed E-state index contributed by atoms with van der Waals surface area (Å²) in [4.78, 5) is 30.4. The highest BCUT2D eigenvalue weighted by atomic mass is 16.5. The van der Waals surface area contributed by atoms with Crippen molar-refractivity contribution in [3.8, 4) is 5.75 Å². The van der Waals surface area contributed by atoms with Gasteiger partial charge in [0.25, 0.3) is 11.8 Å². The number of rotatable bonds is 3. The number of amides is 2. The van der Waals surface area contributed by atoms with Gasteiger partial charge in [-0.2, -0.15) is 4.98 Å². The topological polar surface area (TPSA) is 97.6 Å². The van der Waals surface area contributed by atoms with Gasteiger partial charge in [0.15, 0.2) is 12.4 Å². The molecule has 8 heteroatoms. The third-order valence-corrected chi connectivity index (χ3v) is 4.46. The monoisotopic (exact) mass is 342 g/mol. The molecule has 0 aliphatic carbocycles. The van der Waals surface area contributed by atoms with E-state index in [1.54, 1.807) is 23.1 Å². The van der Waals surface area contributed by atoms with Crippen molar-refractivity contribution in [1.29, 1.82) is 0 Å². The van der Waals surface area contributed by atoms with Gasteiger partial charge in [-0.1, -0.05) is 12.1 Å². The zero-order valence-electron chi connectivity index (χ0n) is 13.8. The molecule has 8 nitrogen and oxygen atoms in total. The molecule has 25 heavy (non-hydrogen) atoms. The Balaban J connectivity index is 1.58. The van der Waals surface area contributed by atoms with E-state index in [0.717, 1.165) is 12.8 Å². The first-order chi connectivity index (χ1) is 12.2. The molecule has 2 aromatic rings. The first-order valence-corrected chi connectivity index (χ1v) is 8.36. The van der Waals surface area contributed by atoms with Gasteiger partial charge in [0.1, 0.15) is 5.75 Å². The molecule has 2 amide bonds. The molecular weight excluding hydrogens is 324 g/mol. The Labute approximate surface area is 144 Å². The highest BCUT2D eigenvalue weighted by Gasteiger charge is 2.34. The van der Waals surface area contributed by atoms with Crippen molar-refractivity contribution in [2.24, 2.45) is 0 Å². The lowest BCUT2D eigenvalue weighted by molar-refractivity contribution is -0.118. The third-order valence-electron chi connectivity index (χ3n) is 4.46. The normalized spacial score (nSPS) is 19.3. The number of likely N-dealkylation sites (tertiary alicyclic amines) is 1. The van der Waals surface area contributed by atoms with Crippen LogP contribution in [0.15, 0.2) is 22.7 Å². The van der Waals surface area contributed by atoms with Crippen LogP contribution in [-0.2, 0) is 11.2 Å². The Morgan fingerprint density at radius 1 is 1.44 bits per heavy atom. The zero-order chi connectivity index (χ0) is 17.4. The summed E-state index contributed by atoms with van der Waals surface area (Å²) in [5.41, 5.74) is 1.09. The average Bonchev–Trinajstić information content (AvgIpc) is 3.29. The van der Waals surface area contributed by atoms with Gasteiger partial charge < -0.3 is 19.5 Å². The fourth-order valence-corrected chi connectivity index (χ4v) is 3.20. The zero-order valence-corrected chi connectivity index (χ0v) is 13.8. The molecular formula is C17H18N4O4. The predicted molar refractivity (Wildman–Crippen MR) is 87.3 cm³/mol. The maximum absolute atomic E-state index is 13.0. The van der Waals surface area contributed by atoms with E-state index in [2.05, 4.69) is 15.5 Å². The Bertz CT molecular complexity index is 832. The van der Waals surface area contributed by atoms with Gasteiger partial charge >= 0.3 is 0 Å². The minimum Gasteiger partial charge on any atom is -0.482 e. The van der Waals surface area contributed by atoms with Crippen LogP contribution in [0, 0.1) is 0 Å². The van der Waals surface area contributed by atoms with Crippen molar-refractivity contribution in [1.82, 2.24) is 15.0 Å². The number of carbonyl (C=O) groups is 2. The lowest BCUT2D eigenvalue weighted by atomic mass is 10.1. The maximum atomic E-state index is 13.0. The number of aryl methyl sites for hydroxylation is 1. The Hall–Kier alpha value is -2.90. The lowest BCUT2D eigenvalue weighted by Gasteiger charge is -2.23. The van der Waals surface area contributed by atoms with Gasteiger partial charge in [0.2, 0.25) is 5.89 Å². The SMILES string of the molecule is CCc1nc(C2CCCN2C(=O)c2ccc3c(c2)OCC(=O)N3)no1. The Morgan fingerprint density at radius 3 is 3.12 bits per heavy atom.